The van der Waals surface area contributed by atoms with Crippen LogP contribution in [0.15, 0.2) is 47.4 Å². The summed E-state index contributed by atoms with van der Waals surface area (Å²) in [7, 11) is 1.54. The van der Waals surface area contributed by atoms with E-state index in [2.05, 4.69) is 5.32 Å². The highest BCUT2D eigenvalue weighted by atomic mass is 35.5. The van der Waals surface area contributed by atoms with Gasteiger partial charge >= 0.3 is 0 Å². The number of hydrogen-bond acceptors (Lipinski definition) is 6. The van der Waals surface area contributed by atoms with Gasteiger partial charge in [-0.25, -0.2) is 0 Å². The third-order valence-corrected chi connectivity index (χ3v) is 5.85. The van der Waals surface area contributed by atoms with Crippen LogP contribution in [0.1, 0.15) is 25.8 Å². The number of thioether (sulfide) groups is 1. The number of anilines is 1. The molecule has 3 amide bonds. The molecule has 3 rings (SSSR count). The summed E-state index contributed by atoms with van der Waals surface area (Å²) in [5, 5.41) is 2.67. The molecule has 0 aliphatic carbocycles. The number of amides is 3. The number of carbonyl (C=O) groups is 3. The molecule has 1 heterocycles. The molecule has 0 spiro atoms. The molecule has 2 aromatic carbocycles. The monoisotopic (exact) mass is 474 g/mol. The molecule has 7 nitrogen and oxygen atoms in total. The van der Waals surface area contributed by atoms with E-state index in [0.29, 0.717) is 27.8 Å². The maximum atomic E-state index is 12.7. The molecule has 9 heteroatoms. The Morgan fingerprint density at radius 2 is 1.91 bits per heavy atom. The van der Waals surface area contributed by atoms with Crippen molar-refractivity contribution in [3.05, 3.63) is 58.0 Å². The van der Waals surface area contributed by atoms with Gasteiger partial charge in [-0.1, -0.05) is 24.6 Å². The number of imide groups is 1. The molecule has 1 aliphatic rings. The van der Waals surface area contributed by atoms with Crippen molar-refractivity contribution in [2.45, 2.75) is 26.4 Å². The Morgan fingerprint density at radius 3 is 2.56 bits per heavy atom. The molecule has 0 radical (unpaired) electrons. The van der Waals surface area contributed by atoms with E-state index in [1.54, 1.807) is 48.5 Å². The minimum atomic E-state index is -0.523. The topological polar surface area (TPSA) is 84.9 Å². The Labute approximate surface area is 195 Å². The van der Waals surface area contributed by atoms with Gasteiger partial charge in [0.25, 0.3) is 11.1 Å². The minimum absolute atomic E-state index is 0.0327. The summed E-state index contributed by atoms with van der Waals surface area (Å²) in [5.41, 5.74) is 1.20. The van der Waals surface area contributed by atoms with E-state index in [9.17, 15) is 14.4 Å². The van der Waals surface area contributed by atoms with Gasteiger partial charge < -0.3 is 14.8 Å². The third kappa shape index (κ3) is 5.83. The molecular weight excluding hydrogens is 452 g/mol. The van der Waals surface area contributed by atoms with Crippen LogP contribution in [0.4, 0.5) is 10.5 Å². The Balaban J connectivity index is 1.70. The van der Waals surface area contributed by atoms with Crippen molar-refractivity contribution in [2.24, 2.45) is 0 Å². The van der Waals surface area contributed by atoms with Crippen molar-refractivity contribution < 1.29 is 23.9 Å². The molecule has 168 valence electrons. The lowest BCUT2D eigenvalue weighted by Gasteiger charge is -2.15. The number of hydrogen-bond donors (Lipinski definition) is 1. The van der Waals surface area contributed by atoms with Gasteiger partial charge in [0.15, 0.2) is 11.5 Å². The lowest BCUT2D eigenvalue weighted by atomic mass is 10.1. The van der Waals surface area contributed by atoms with Crippen LogP contribution in [0.2, 0.25) is 5.02 Å². The smallest absolute Gasteiger partial charge is 0.294 e. The van der Waals surface area contributed by atoms with Crippen LogP contribution < -0.4 is 14.8 Å². The van der Waals surface area contributed by atoms with E-state index in [4.69, 9.17) is 21.1 Å². The molecule has 1 atom stereocenters. The second-order valence-electron chi connectivity index (χ2n) is 7.07. The Kier molecular flexibility index (Phi) is 7.82. The van der Waals surface area contributed by atoms with Gasteiger partial charge in [-0.15, -0.1) is 0 Å². The number of carbonyl (C=O) groups excluding carboxylic acids is 3. The molecule has 1 saturated heterocycles. The predicted molar refractivity (Wildman–Crippen MR) is 126 cm³/mol. The highest BCUT2D eigenvalue weighted by molar-refractivity contribution is 8.18. The minimum Gasteiger partial charge on any atom is -0.493 e. The zero-order chi connectivity index (χ0) is 23.3. The van der Waals surface area contributed by atoms with Crippen molar-refractivity contribution in [1.29, 1.82) is 0 Å². The maximum Gasteiger partial charge on any atom is 0.294 e. The standard InChI is InChI=1S/C23H23ClN2O5S/c1-4-14(2)31-18-10-5-15(11-19(18)30-3)12-20-22(28)26(23(29)32-20)13-21(27)25-17-8-6-16(24)7-9-17/h5-12,14H,4,13H2,1-3H3,(H,25,27)/b20-12-/t14-/m1/s1. The van der Waals surface area contributed by atoms with Crippen molar-refractivity contribution in [1.82, 2.24) is 4.90 Å². The zero-order valence-corrected chi connectivity index (χ0v) is 19.5. The lowest BCUT2D eigenvalue weighted by Crippen LogP contribution is -2.36. The molecule has 1 aliphatic heterocycles. The highest BCUT2D eigenvalue weighted by Gasteiger charge is 2.36. The Bertz CT molecular complexity index is 1050. The van der Waals surface area contributed by atoms with Gasteiger partial charge in [0.1, 0.15) is 6.54 Å². The fourth-order valence-electron chi connectivity index (χ4n) is 2.84. The average molecular weight is 475 g/mol. The van der Waals surface area contributed by atoms with Crippen LogP contribution >= 0.6 is 23.4 Å². The van der Waals surface area contributed by atoms with Crippen molar-refractivity contribution in [2.75, 3.05) is 19.0 Å². The second-order valence-corrected chi connectivity index (χ2v) is 8.50. The van der Waals surface area contributed by atoms with Crippen LogP contribution in [-0.2, 0) is 9.59 Å². The van der Waals surface area contributed by atoms with E-state index in [1.807, 2.05) is 13.8 Å². The van der Waals surface area contributed by atoms with Crippen LogP contribution in [0.3, 0.4) is 0 Å². The SMILES string of the molecule is CC[C@@H](C)Oc1ccc(/C=C2\SC(=O)N(CC(=O)Nc3ccc(Cl)cc3)C2=O)cc1OC. The summed E-state index contributed by atoms with van der Waals surface area (Å²) in [6.45, 7) is 3.61. The number of ether oxygens (including phenoxy) is 2. The lowest BCUT2D eigenvalue weighted by molar-refractivity contribution is -0.127. The first-order valence-corrected chi connectivity index (χ1v) is 11.2. The summed E-state index contributed by atoms with van der Waals surface area (Å²) in [6.07, 6.45) is 2.48. The molecule has 2 aromatic rings. The van der Waals surface area contributed by atoms with Crippen molar-refractivity contribution >= 4 is 52.2 Å². The summed E-state index contributed by atoms with van der Waals surface area (Å²) < 4.78 is 11.2. The fraction of sp³-hybridized carbons (Fsp3) is 0.261. The van der Waals surface area contributed by atoms with Crippen molar-refractivity contribution in [3.63, 3.8) is 0 Å². The molecule has 32 heavy (non-hydrogen) atoms. The highest BCUT2D eigenvalue weighted by Crippen LogP contribution is 2.35. The van der Waals surface area contributed by atoms with E-state index in [1.165, 1.54) is 7.11 Å². The van der Waals surface area contributed by atoms with Gasteiger partial charge in [0.05, 0.1) is 18.1 Å². The van der Waals surface area contributed by atoms with Crippen LogP contribution in [0.25, 0.3) is 6.08 Å². The first-order chi connectivity index (χ1) is 15.3. The second kappa shape index (κ2) is 10.6. The van der Waals surface area contributed by atoms with Gasteiger partial charge in [0, 0.05) is 10.7 Å². The van der Waals surface area contributed by atoms with E-state index < -0.39 is 17.1 Å². The van der Waals surface area contributed by atoms with Crippen molar-refractivity contribution in [3.8, 4) is 11.5 Å². The summed E-state index contributed by atoms with van der Waals surface area (Å²) in [4.78, 5) is 38.5. The first-order valence-electron chi connectivity index (χ1n) is 9.96. The quantitative estimate of drug-likeness (QED) is 0.529. The number of halogens is 1. The fourth-order valence-corrected chi connectivity index (χ4v) is 3.80. The summed E-state index contributed by atoms with van der Waals surface area (Å²) in [6, 6.07) is 11.8. The number of nitrogens with one attached hydrogen (secondary N) is 1. The molecule has 1 fully saturated rings. The third-order valence-electron chi connectivity index (χ3n) is 4.69. The maximum absolute atomic E-state index is 12.7. The molecule has 0 saturated carbocycles. The molecular formula is C23H23ClN2O5S. The zero-order valence-electron chi connectivity index (χ0n) is 17.9. The largest absolute Gasteiger partial charge is 0.493 e. The van der Waals surface area contributed by atoms with Crippen LogP contribution in [-0.4, -0.2) is 41.7 Å². The van der Waals surface area contributed by atoms with Gasteiger partial charge in [-0.05, 0) is 73.1 Å². The van der Waals surface area contributed by atoms with E-state index >= 15 is 0 Å². The number of benzene rings is 2. The molecule has 1 N–H and O–H groups in total. The van der Waals surface area contributed by atoms with Crippen LogP contribution in [0.5, 0.6) is 11.5 Å². The first kappa shape index (κ1) is 23.7. The molecule has 0 aromatic heterocycles. The molecule has 0 unspecified atom stereocenters. The predicted octanol–water partition coefficient (Wildman–Crippen LogP) is 5.20. The summed E-state index contributed by atoms with van der Waals surface area (Å²) >= 11 is 6.62. The normalized spacial score (nSPS) is 15.8. The average Bonchev–Trinajstić information content (AvgIpc) is 3.03. The Morgan fingerprint density at radius 1 is 1.19 bits per heavy atom. The number of methoxy groups -OCH3 is 1. The summed E-state index contributed by atoms with van der Waals surface area (Å²) in [5.74, 6) is 0.126. The van der Waals surface area contributed by atoms with Gasteiger partial charge in [0.2, 0.25) is 5.91 Å². The van der Waals surface area contributed by atoms with E-state index in [-0.39, 0.29) is 17.6 Å². The number of rotatable bonds is 8. The Hall–Kier alpha value is -2.97. The van der Waals surface area contributed by atoms with Crippen LogP contribution in [0, 0.1) is 0 Å². The van der Waals surface area contributed by atoms with Gasteiger partial charge in [-0.2, -0.15) is 0 Å². The van der Waals surface area contributed by atoms with Gasteiger partial charge in [-0.3, -0.25) is 19.3 Å². The molecule has 0 bridgehead atoms. The number of nitrogens with zero attached hydrogens (tertiary/aromatic N) is 1. The van der Waals surface area contributed by atoms with E-state index in [0.717, 1.165) is 23.1 Å².